The largest absolute Gasteiger partial charge is 0.375 e. The van der Waals surface area contributed by atoms with Crippen molar-refractivity contribution in [2.45, 2.75) is 13.1 Å². The zero-order valence-electron chi connectivity index (χ0n) is 9.56. The van der Waals surface area contributed by atoms with E-state index in [1.807, 2.05) is 30.5 Å². The van der Waals surface area contributed by atoms with E-state index in [-0.39, 0.29) is 0 Å². The van der Waals surface area contributed by atoms with Gasteiger partial charge in [-0.3, -0.25) is 4.90 Å². The predicted molar refractivity (Wildman–Crippen MR) is 73.1 cm³/mol. The summed E-state index contributed by atoms with van der Waals surface area (Å²) in [5.41, 5.74) is 6.84. The lowest BCUT2D eigenvalue weighted by atomic mass is 10.2. The fourth-order valence-corrected chi connectivity index (χ4v) is 2.51. The highest BCUT2D eigenvalue weighted by molar-refractivity contribution is 7.15. The van der Waals surface area contributed by atoms with Gasteiger partial charge in [-0.25, -0.2) is 4.98 Å². The average molecular weight is 268 g/mol. The standard InChI is InChI=1S/C12H14ClN3S/c1-16(8-11-6-15-12(14)17-11)7-9-2-4-10(13)5-3-9/h2-6H,7-8H2,1H3,(H2,14,15). The second-order valence-corrected chi connectivity index (χ2v) is 5.55. The van der Waals surface area contributed by atoms with Gasteiger partial charge in [0.25, 0.3) is 0 Å². The Balaban J connectivity index is 1.93. The summed E-state index contributed by atoms with van der Waals surface area (Å²) in [4.78, 5) is 7.44. The number of rotatable bonds is 4. The van der Waals surface area contributed by atoms with Crippen molar-refractivity contribution < 1.29 is 0 Å². The van der Waals surface area contributed by atoms with Crippen LogP contribution in [0.25, 0.3) is 0 Å². The normalized spacial score (nSPS) is 11.0. The zero-order chi connectivity index (χ0) is 12.3. The molecule has 5 heteroatoms. The van der Waals surface area contributed by atoms with Crippen molar-refractivity contribution in [1.82, 2.24) is 9.88 Å². The summed E-state index contributed by atoms with van der Waals surface area (Å²) in [5.74, 6) is 0. The van der Waals surface area contributed by atoms with Crippen LogP contribution in [0.5, 0.6) is 0 Å². The molecule has 0 aliphatic carbocycles. The third-order valence-electron chi connectivity index (χ3n) is 2.36. The molecule has 0 saturated heterocycles. The van der Waals surface area contributed by atoms with Gasteiger partial charge in [-0.05, 0) is 24.7 Å². The lowest BCUT2D eigenvalue weighted by molar-refractivity contribution is 0.322. The van der Waals surface area contributed by atoms with Crippen LogP contribution >= 0.6 is 22.9 Å². The number of nitrogens with two attached hydrogens (primary N) is 1. The summed E-state index contributed by atoms with van der Waals surface area (Å²) in [6.07, 6.45) is 1.83. The van der Waals surface area contributed by atoms with Crippen molar-refractivity contribution >= 4 is 28.1 Å². The Morgan fingerprint density at radius 3 is 2.59 bits per heavy atom. The molecular formula is C12H14ClN3S. The van der Waals surface area contributed by atoms with Crippen molar-refractivity contribution in [3.8, 4) is 0 Å². The van der Waals surface area contributed by atoms with Crippen molar-refractivity contribution in [2.75, 3.05) is 12.8 Å². The molecule has 17 heavy (non-hydrogen) atoms. The van der Waals surface area contributed by atoms with Crippen LogP contribution in [0.1, 0.15) is 10.4 Å². The lowest BCUT2D eigenvalue weighted by Gasteiger charge is -2.15. The smallest absolute Gasteiger partial charge is 0.180 e. The number of thiazole rings is 1. The molecule has 0 aliphatic rings. The Morgan fingerprint density at radius 2 is 2.00 bits per heavy atom. The Bertz CT molecular complexity index is 481. The van der Waals surface area contributed by atoms with Gasteiger partial charge in [-0.2, -0.15) is 0 Å². The topological polar surface area (TPSA) is 42.2 Å². The Hall–Kier alpha value is -1.10. The number of anilines is 1. The van der Waals surface area contributed by atoms with E-state index in [4.69, 9.17) is 17.3 Å². The van der Waals surface area contributed by atoms with Crippen LogP contribution in [0.3, 0.4) is 0 Å². The third kappa shape index (κ3) is 3.70. The molecule has 0 radical (unpaired) electrons. The van der Waals surface area contributed by atoms with Crippen LogP contribution in [0.2, 0.25) is 5.02 Å². The molecule has 1 heterocycles. The Kier molecular flexibility index (Phi) is 3.99. The van der Waals surface area contributed by atoms with Crippen LogP contribution in [-0.2, 0) is 13.1 Å². The number of nitrogen functional groups attached to an aromatic ring is 1. The summed E-state index contributed by atoms with van der Waals surface area (Å²) < 4.78 is 0. The molecule has 0 atom stereocenters. The second-order valence-electron chi connectivity index (χ2n) is 3.96. The molecule has 0 unspecified atom stereocenters. The molecule has 2 N–H and O–H groups in total. The lowest BCUT2D eigenvalue weighted by Crippen LogP contribution is -2.16. The maximum absolute atomic E-state index is 5.85. The van der Waals surface area contributed by atoms with Gasteiger partial charge in [-0.1, -0.05) is 23.7 Å². The fraction of sp³-hybridized carbons (Fsp3) is 0.250. The van der Waals surface area contributed by atoms with E-state index in [9.17, 15) is 0 Å². The molecule has 1 aromatic carbocycles. The van der Waals surface area contributed by atoms with Gasteiger partial charge in [0, 0.05) is 29.2 Å². The summed E-state index contributed by atoms with van der Waals surface area (Å²) >= 11 is 7.38. The first-order valence-electron chi connectivity index (χ1n) is 5.26. The van der Waals surface area contributed by atoms with Gasteiger partial charge < -0.3 is 5.73 Å². The highest BCUT2D eigenvalue weighted by atomic mass is 35.5. The van der Waals surface area contributed by atoms with Crippen molar-refractivity contribution in [3.05, 3.63) is 45.9 Å². The summed E-state index contributed by atoms with van der Waals surface area (Å²) in [7, 11) is 2.07. The summed E-state index contributed by atoms with van der Waals surface area (Å²) in [6.45, 7) is 1.74. The Labute approximate surface area is 110 Å². The molecule has 0 aliphatic heterocycles. The molecule has 1 aromatic heterocycles. The number of hydrogen-bond donors (Lipinski definition) is 1. The van der Waals surface area contributed by atoms with Crippen LogP contribution in [0.4, 0.5) is 5.13 Å². The minimum atomic E-state index is 0.625. The van der Waals surface area contributed by atoms with E-state index in [2.05, 4.69) is 16.9 Å². The van der Waals surface area contributed by atoms with E-state index in [0.29, 0.717) is 5.13 Å². The first-order valence-corrected chi connectivity index (χ1v) is 6.46. The van der Waals surface area contributed by atoms with Gasteiger partial charge in [-0.15, -0.1) is 11.3 Å². The van der Waals surface area contributed by atoms with Gasteiger partial charge in [0.1, 0.15) is 0 Å². The monoisotopic (exact) mass is 267 g/mol. The fourth-order valence-electron chi connectivity index (χ4n) is 1.62. The first-order chi connectivity index (χ1) is 8.13. The van der Waals surface area contributed by atoms with Gasteiger partial charge in [0.2, 0.25) is 0 Å². The number of benzene rings is 1. The van der Waals surface area contributed by atoms with E-state index in [1.54, 1.807) is 0 Å². The van der Waals surface area contributed by atoms with E-state index in [0.717, 1.165) is 18.1 Å². The van der Waals surface area contributed by atoms with Crippen molar-refractivity contribution in [1.29, 1.82) is 0 Å². The Morgan fingerprint density at radius 1 is 1.29 bits per heavy atom. The maximum Gasteiger partial charge on any atom is 0.180 e. The van der Waals surface area contributed by atoms with E-state index in [1.165, 1.54) is 21.8 Å². The molecule has 0 amide bonds. The van der Waals surface area contributed by atoms with Crippen molar-refractivity contribution in [3.63, 3.8) is 0 Å². The molecule has 0 spiro atoms. The SMILES string of the molecule is CN(Cc1ccc(Cl)cc1)Cc1cnc(N)s1. The predicted octanol–water partition coefficient (Wildman–Crippen LogP) is 3.01. The second kappa shape index (κ2) is 5.49. The molecule has 2 aromatic rings. The van der Waals surface area contributed by atoms with Gasteiger partial charge in [0.05, 0.1) is 0 Å². The quantitative estimate of drug-likeness (QED) is 0.926. The number of aromatic nitrogens is 1. The molecule has 0 saturated carbocycles. The van der Waals surface area contributed by atoms with Crippen LogP contribution in [-0.4, -0.2) is 16.9 Å². The zero-order valence-corrected chi connectivity index (χ0v) is 11.1. The molecule has 0 fully saturated rings. The molecule has 90 valence electrons. The number of nitrogens with zero attached hydrogens (tertiary/aromatic N) is 2. The number of halogens is 1. The summed E-state index contributed by atoms with van der Waals surface area (Å²) in [5, 5.41) is 1.39. The number of hydrogen-bond acceptors (Lipinski definition) is 4. The van der Waals surface area contributed by atoms with Crippen LogP contribution < -0.4 is 5.73 Å². The van der Waals surface area contributed by atoms with Crippen LogP contribution in [0.15, 0.2) is 30.5 Å². The molecule has 3 nitrogen and oxygen atoms in total. The maximum atomic E-state index is 5.85. The highest BCUT2D eigenvalue weighted by Gasteiger charge is 2.04. The highest BCUT2D eigenvalue weighted by Crippen LogP contribution is 2.17. The molecule has 2 rings (SSSR count). The van der Waals surface area contributed by atoms with E-state index >= 15 is 0 Å². The van der Waals surface area contributed by atoms with Crippen molar-refractivity contribution in [2.24, 2.45) is 0 Å². The molecule has 0 bridgehead atoms. The average Bonchev–Trinajstić information content (AvgIpc) is 2.67. The van der Waals surface area contributed by atoms with E-state index < -0.39 is 0 Å². The van der Waals surface area contributed by atoms with Gasteiger partial charge in [0.15, 0.2) is 5.13 Å². The third-order valence-corrected chi connectivity index (χ3v) is 3.43. The minimum Gasteiger partial charge on any atom is -0.375 e. The first kappa shape index (κ1) is 12.4. The minimum absolute atomic E-state index is 0.625. The summed E-state index contributed by atoms with van der Waals surface area (Å²) in [6, 6.07) is 7.91. The van der Waals surface area contributed by atoms with Crippen LogP contribution in [0, 0.1) is 0 Å². The molecular weight excluding hydrogens is 254 g/mol. The van der Waals surface area contributed by atoms with Gasteiger partial charge >= 0.3 is 0 Å².